The quantitative estimate of drug-likeness (QED) is 0.902. The van der Waals surface area contributed by atoms with Crippen molar-refractivity contribution in [1.82, 2.24) is 0 Å². The fraction of sp³-hybridized carbons (Fsp3) is 0.286. The van der Waals surface area contributed by atoms with E-state index in [0.29, 0.717) is 10.2 Å². The maximum atomic E-state index is 13.6. The SMILES string of the molecule is CCC(N)c1ccc(-c2cc(F)c(Br)cc2C)o1. The monoisotopic (exact) mass is 311 g/mol. The van der Waals surface area contributed by atoms with E-state index in [4.69, 9.17) is 10.2 Å². The minimum absolute atomic E-state index is 0.112. The Morgan fingerprint density at radius 3 is 2.78 bits per heavy atom. The number of rotatable bonds is 3. The first-order valence-corrected chi connectivity index (χ1v) is 6.63. The molecule has 1 atom stereocenters. The van der Waals surface area contributed by atoms with Gasteiger partial charge in [0, 0.05) is 5.56 Å². The first kappa shape index (κ1) is 13.3. The Balaban J connectivity index is 2.43. The minimum Gasteiger partial charge on any atom is -0.459 e. The van der Waals surface area contributed by atoms with Gasteiger partial charge in [0.2, 0.25) is 0 Å². The van der Waals surface area contributed by atoms with Crippen LogP contribution < -0.4 is 5.73 Å². The molecule has 1 unspecified atom stereocenters. The highest BCUT2D eigenvalue weighted by molar-refractivity contribution is 9.10. The molecule has 0 fully saturated rings. The lowest BCUT2D eigenvalue weighted by atomic mass is 10.1. The van der Waals surface area contributed by atoms with E-state index in [1.54, 1.807) is 6.07 Å². The largest absolute Gasteiger partial charge is 0.459 e. The average molecular weight is 312 g/mol. The van der Waals surface area contributed by atoms with Gasteiger partial charge in [-0.25, -0.2) is 4.39 Å². The maximum Gasteiger partial charge on any atom is 0.138 e. The van der Waals surface area contributed by atoms with Crippen molar-refractivity contribution in [3.8, 4) is 11.3 Å². The van der Waals surface area contributed by atoms with Gasteiger partial charge in [-0.2, -0.15) is 0 Å². The van der Waals surface area contributed by atoms with Crippen LogP contribution in [-0.2, 0) is 0 Å². The number of halogens is 2. The molecule has 2 nitrogen and oxygen atoms in total. The van der Waals surface area contributed by atoms with Crippen molar-refractivity contribution in [3.05, 3.63) is 45.9 Å². The van der Waals surface area contributed by atoms with Crippen molar-refractivity contribution >= 4 is 15.9 Å². The third kappa shape index (κ3) is 2.49. The van der Waals surface area contributed by atoms with Crippen molar-refractivity contribution in [1.29, 1.82) is 0 Å². The van der Waals surface area contributed by atoms with E-state index in [2.05, 4.69) is 15.9 Å². The highest BCUT2D eigenvalue weighted by atomic mass is 79.9. The summed E-state index contributed by atoms with van der Waals surface area (Å²) in [4.78, 5) is 0. The van der Waals surface area contributed by atoms with Gasteiger partial charge >= 0.3 is 0 Å². The van der Waals surface area contributed by atoms with Gasteiger partial charge in [-0.1, -0.05) is 6.92 Å². The summed E-state index contributed by atoms with van der Waals surface area (Å²) < 4.78 is 19.7. The van der Waals surface area contributed by atoms with Gasteiger partial charge in [-0.3, -0.25) is 0 Å². The molecule has 4 heteroatoms. The van der Waals surface area contributed by atoms with Crippen LogP contribution in [-0.4, -0.2) is 0 Å². The van der Waals surface area contributed by atoms with Gasteiger partial charge in [0.1, 0.15) is 17.3 Å². The fourth-order valence-corrected chi connectivity index (χ4v) is 2.27. The lowest BCUT2D eigenvalue weighted by molar-refractivity contribution is 0.469. The first-order chi connectivity index (χ1) is 8.52. The van der Waals surface area contributed by atoms with Crippen LogP contribution in [0.25, 0.3) is 11.3 Å². The van der Waals surface area contributed by atoms with E-state index in [1.807, 2.05) is 26.0 Å². The number of hydrogen-bond acceptors (Lipinski definition) is 2. The molecule has 0 aliphatic heterocycles. The van der Waals surface area contributed by atoms with Crippen LogP contribution in [0.3, 0.4) is 0 Å². The molecule has 0 radical (unpaired) electrons. The molecule has 0 saturated heterocycles. The molecule has 0 aliphatic rings. The van der Waals surface area contributed by atoms with Gasteiger partial charge in [0.05, 0.1) is 10.5 Å². The summed E-state index contributed by atoms with van der Waals surface area (Å²) >= 11 is 3.17. The zero-order chi connectivity index (χ0) is 13.3. The van der Waals surface area contributed by atoms with Crippen LogP contribution in [0.4, 0.5) is 4.39 Å². The van der Waals surface area contributed by atoms with Gasteiger partial charge in [0.25, 0.3) is 0 Å². The Hall–Kier alpha value is -1.13. The number of nitrogens with two attached hydrogens (primary N) is 1. The first-order valence-electron chi connectivity index (χ1n) is 5.84. The van der Waals surface area contributed by atoms with Gasteiger partial charge in [-0.05, 0) is 59.1 Å². The number of aryl methyl sites for hydroxylation is 1. The van der Waals surface area contributed by atoms with E-state index in [0.717, 1.165) is 23.3 Å². The second-order valence-corrected chi connectivity index (χ2v) is 5.15. The molecule has 0 spiro atoms. The van der Waals surface area contributed by atoms with Crippen LogP contribution in [0.2, 0.25) is 0 Å². The third-order valence-electron chi connectivity index (χ3n) is 2.96. The van der Waals surface area contributed by atoms with Gasteiger partial charge in [0.15, 0.2) is 0 Å². The standard InChI is InChI=1S/C14H15BrFNO/c1-3-12(17)14-5-4-13(18-14)9-7-11(16)10(15)6-8(9)2/h4-7,12H,3,17H2,1-2H3. The summed E-state index contributed by atoms with van der Waals surface area (Å²) in [6, 6.07) is 6.79. The smallest absolute Gasteiger partial charge is 0.138 e. The Labute approximate surface area is 114 Å². The molecule has 96 valence electrons. The molecule has 2 N–H and O–H groups in total. The lowest BCUT2D eigenvalue weighted by Crippen LogP contribution is -2.06. The normalized spacial score (nSPS) is 12.7. The maximum absolute atomic E-state index is 13.6. The molecular formula is C14H15BrFNO. The highest BCUT2D eigenvalue weighted by Gasteiger charge is 2.13. The zero-order valence-corrected chi connectivity index (χ0v) is 11.9. The summed E-state index contributed by atoms with van der Waals surface area (Å²) in [5, 5.41) is 0. The molecule has 1 aromatic heterocycles. The van der Waals surface area contributed by atoms with E-state index in [-0.39, 0.29) is 11.9 Å². The van der Waals surface area contributed by atoms with E-state index in [9.17, 15) is 4.39 Å². The highest BCUT2D eigenvalue weighted by Crippen LogP contribution is 2.31. The third-order valence-corrected chi connectivity index (χ3v) is 3.57. The predicted octanol–water partition coefficient (Wildman–Crippen LogP) is 4.57. The Bertz CT molecular complexity index is 565. The molecule has 0 bridgehead atoms. The van der Waals surface area contributed by atoms with Crippen LogP contribution in [0, 0.1) is 12.7 Å². The van der Waals surface area contributed by atoms with Crippen molar-refractivity contribution < 1.29 is 8.81 Å². The van der Waals surface area contributed by atoms with Crippen molar-refractivity contribution in [2.45, 2.75) is 26.3 Å². The molecule has 1 aromatic carbocycles. The Kier molecular flexibility index (Phi) is 3.88. The van der Waals surface area contributed by atoms with Gasteiger partial charge in [-0.15, -0.1) is 0 Å². The van der Waals surface area contributed by atoms with Crippen LogP contribution >= 0.6 is 15.9 Å². The van der Waals surface area contributed by atoms with E-state index in [1.165, 1.54) is 6.07 Å². The van der Waals surface area contributed by atoms with E-state index < -0.39 is 0 Å². The Morgan fingerprint density at radius 1 is 1.39 bits per heavy atom. The summed E-state index contributed by atoms with van der Waals surface area (Å²) in [6.07, 6.45) is 0.806. The minimum atomic E-state index is -0.298. The van der Waals surface area contributed by atoms with Crippen LogP contribution in [0.15, 0.2) is 33.2 Å². The molecule has 0 saturated carbocycles. The van der Waals surface area contributed by atoms with Crippen molar-refractivity contribution in [2.75, 3.05) is 0 Å². The number of benzene rings is 1. The zero-order valence-electron chi connectivity index (χ0n) is 10.3. The summed E-state index contributed by atoms with van der Waals surface area (Å²) in [7, 11) is 0. The van der Waals surface area contributed by atoms with E-state index >= 15 is 0 Å². The molecular weight excluding hydrogens is 297 g/mol. The predicted molar refractivity (Wildman–Crippen MR) is 73.8 cm³/mol. The molecule has 2 rings (SSSR count). The second kappa shape index (κ2) is 5.24. The molecule has 0 aliphatic carbocycles. The van der Waals surface area contributed by atoms with Crippen LogP contribution in [0.1, 0.15) is 30.7 Å². The Morgan fingerprint density at radius 2 is 2.11 bits per heavy atom. The summed E-state index contributed by atoms with van der Waals surface area (Å²) in [6.45, 7) is 3.92. The summed E-state index contributed by atoms with van der Waals surface area (Å²) in [5.74, 6) is 1.08. The van der Waals surface area contributed by atoms with Crippen molar-refractivity contribution in [3.63, 3.8) is 0 Å². The van der Waals surface area contributed by atoms with Crippen molar-refractivity contribution in [2.24, 2.45) is 5.73 Å². The topological polar surface area (TPSA) is 39.2 Å². The van der Waals surface area contributed by atoms with Gasteiger partial charge < -0.3 is 10.2 Å². The molecule has 18 heavy (non-hydrogen) atoms. The van der Waals surface area contributed by atoms with Crippen LogP contribution in [0.5, 0.6) is 0 Å². The lowest BCUT2D eigenvalue weighted by Gasteiger charge is -2.06. The summed E-state index contributed by atoms with van der Waals surface area (Å²) in [5.41, 5.74) is 7.61. The molecule has 0 amide bonds. The fourth-order valence-electron chi connectivity index (χ4n) is 1.81. The average Bonchev–Trinajstić information content (AvgIpc) is 2.82. The number of furan rings is 1. The molecule has 1 heterocycles. The second-order valence-electron chi connectivity index (χ2n) is 4.30. The number of hydrogen-bond donors (Lipinski definition) is 1. The molecule has 2 aromatic rings.